The fourth-order valence-electron chi connectivity index (χ4n) is 4.50. The van der Waals surface area contributed by atoms with E-state index in [0.29, 0.717) is 17.6 Å². The first kappa shape index (κ1) is 17.3. The van der Waals surface area contributed by atoms with Crippen molar-refractivity contribution in [1.82, 2.24) is 14.5 Å². The summed E-state index contributed by atoms with van der Waals surface area (Å²) in [5.74, 6) is 0.699. The third-order valence-electron chi connectivity index (χ3n) is 5.83. The number of carbonyl (C=O) groups is 1. The van der Waals surface area contributed by atoms with Crippen molar-refractivity contribution in [2.75, 3.05) is 11.4 Å². The second kappa shape index (κ2) is 6.69. The van der Waals surface area contributed by atoms with Gasteiger partial charge in [0.2, 0.25) is 0 Å². The molecule has 2 aliphatic rings. The van der Waals surface area contributed by atoms with Crippen molar-refractivity contribution in [2.24, 2.45) is 0 Å². The highest BCUT2D eigenvalue weighted by molar-refractivity contribution is 6.13. The Balaban J connectivity index is 1.63. The van der Waals surface area contributed by atoms with Gasteiger partial charge in [-0.05, 0) is 62.4 Å². The van der Waals surface area contributed by atoms with Crippen molar-refractivity contribution in [3.05, 3.63) is 52.7 Å². The Hall–Kier alpha value is -2.76. The number of nitrogens with zero attached hydrogens (tertiary/aromatic N) is 4. The first-order chi connectivity index (χ1) is 13.6. The zero-order valence-electron chi connectivity index (χ0n) is 16.0. The lowest BCUT2D eigenvalue weighted by Crippen LogP contribution is -2.35. The van der Waals surface area contributed by atoms with Gasteiger partial charge in [-0.1, -0.05) is 6.42 Å². The predicted molar refractivity (Wildman–Crippen MR) is 106 cm³/mol. The Labute approximate surface area is 163 Å². The van der Waals surface area contributed by atoms with Crippen LogP contribution in [0.5, 0.6) is 0 Å². The molecule has 0 radical (unpaired) electrons. The molecule has 0 atom stereocenters. The standard InChI is InChI=1S/C22H23FN4O/c1-14-12-17(20-21(24-14)27-10-4-2-3-7-19(27)25-20)22(28)26-11-5-6-15-13-16(23)8-9-18(15)26/h8-9,12-13H,2-7,10-11H2,1H3. The van der Waals surface area contributed by atoms with Gasteiger partial charge in [-0.25, -0.2) is 14.4 Å². The maximum Gasteiger partial charge on any atom is 0.260 e. The minimum atomic E-state index is -0.256. The summed E-state index contributed by atoms with van der Waals surface area (Å²) in [6, 6.07) is 6.53. The van der Waals surface area contributed by atoms with Crippen LogP contribution in [0.25, 0.3) is 11.2 Å². The van der Waals surface area contributed by atoms with Crippen LogP contribution in [0.1, 0.15) is 53.1 Å². The van der Waals surface area contributed by atoms with Crippen LogP contribution in [-0.2, 0) is 19.4 Å². The molecule has 0 unspecified atom stereocenters. The number of fused-ring (bicyclic) bond motifs is 4. The van der Waals surface area contributed by atoms with Gasteiger partial charge < -0.3 is 9.47 Å². The van der Waals surface area contributed by atoms with Gasteiger partial charge in [0, 0.05) is 30.9 Å². The summed E-state index contributed by atoms with van der Waals surface area (Å²) in [6.07, 6.45) is 5.98. The number of benzene rings is 1. The van der Waals surface area contributed by atoms with Gasteiger partial charge >= 0.3 is 0 Å². The predicted octanol–water partition coefficient (Wildman–Crippen LogP) is 4.20. The molecule has 28 heavy (non-hydrogen) atoms. The van der Waals surface area contributed by atoms with Crippen molar-refractivity contribution in [3.63, 3.8) is 0 Å². The largest absolute Gasteiger partial charge is 0.313 e. The SMILES string of the molecule is Cc1cc(C(=O)N2CCCc3cc(F)ccc32)c2nc3n(c2n1)CCCCC3. The van der Waals surface area contributed by atoms with Gasteiger partial charge in [-0.3, -0.25) is 4.79 Å². The van der Waals surface area contributed by atoms with E-state index in [-0.39, 0.29) is 11.7 Å². The lowest BCUT2D eigenvalue weighted by Gasteiger charge is -2.29. The van der Waals surface area contributed by atoms with Crippen LogP contribution in [0, 0.1) is 12.7 Å². The van der Waals surface area contributed by atoms with Gasteiger partial charge in [-0.15, -0.1) is 0 Å². The zero-order valence-corrected chi connectivity index (χ0v) is 16.0. The van der Waals surface area contributed by atoms with E-state index >= 15 is 0 Å². The highest BCUT2D eigenvalue weighted by Gasteiger charge is 2.28. The average molecular weight is 378 g/mol. The number of pyridine rings is 1. The Morgan fingerprint density at radius 2 is 1.93 bits per heavy atom. The van der Waals surface area contributed by atoms with Crippen LogP contribution in [0.3, 0.4) is 0 Å². The van der Waals surface area contributed by atoms with E-state index in [2.05, 4.69) is 4.57 Å². The zero-order chi connectivity index (χ0) is 19.3. The maximum absolute atomic E-state index is 13.6. The molecule has 144 valence electrons. The molecule has 0 fully saturated rings. The number of amides is 1. The number of aromatic nitrogens is 3. The molecular formula is C22H23FN4O. The summed E-state index contributed by atoms with van der Waals surface area (Å²) in [7, 11) is 0. The second-order valence-electron chi connectivity index (χ2n) is 7.81. The number of anilines is 1. The van der Waals surface area contributed by atoms with Crippen LogP contribution >= 0.6 is 0 Å². The lowest BCUT2D eigenvalue weighted by atomic mass is 10.0. The molecule has 0 spiro atoms. The first-order valence-corrected chi connectivity index (χ1v) is 10.1. The Kier molecular flexibility index (Phi) is 4.14. The summed E-state index contributed by atoms with van der Waals surface area (Å²) in [6.45, 7) is 3.46. The number of carbonyl (C=O) groups excluding carboxylic acids is 1. The van der Waals surface area contributed by atoms with E-state index in [1.807, 2.05) is 13.0 Å². The van der Waals surface area contributed by atoms with E-state index in [4.69, 9.17) is 9.97 Å². The quantitative estimate of drug-likeness (QED) is 0.638. The number of rotatable bonds is 1. The first-order valence-electron chi connectivity index (χ1n) is 10.1. The Morgan fingerprint density at radius 1 is 1.04 bits per heavy atom. The second-order valence-corrected chi connectivity index (χ2v) is 7.81. The fraction of sp³-hybridized carbons (Fsp3) is 0.409. The van der Waals surface area contributed by atoms with Crippen molar-refractivity contribution >= 4 is 22.8 Å². The molecule has 6 heteroatoms. The highest BCUT2D eigenvalue weighted by atomic mass is 19.1. The van der Waals surface area contributed by atoms with Crippen molar-refractivity contribution < 1.29 is 9.18 Å². The normalized spacial score (nSPS) is 16.6. The fourth-order valence-corrected chi connectivity index (χ4v) is 4.50. The summed E-state index contributed by atoms with van der Waals surface area (Å²) in [5, 5.41) is 0. The molecule has 0 N–H and O–H groups in total. The lowest BCUT2D eigenvalue weighted by molar-refractivity contribution is 0.0986. The molecule has 1 amide bonds. The van der Waals surface area contributed by atoms with Crippen LogP contribution in [0.2, 0.25) is 0 Å². The molecule has 2 aromatic heterocycles. The summed E-state index contributed by atoms with van der Waals surface area (Å²) < 4.78 is 15.8. The van der Waals surface area contributed by atoms with Crippen molar-refractivity contribution in [2.45, 2.75) is 52.0 Å². The van der Waals surface area contributed by atoms with Crippen LogP contribution in [0.15, 0.2) is 24.3 Å². The molecule has 0 saturated heterocycles. The number of hydrogen-bond donors (Lipinski definition) is 0. The van der Waals surface area contributed by atoms with Gasteiger partial charge in [0.1, 0.15) is 17.2 Å². The minimum absolute atomic E-state index is 0.0729. The van der Waals surface area contributed by atoms with E-state index in [1.165, 1.54) is 12.5 Å². The van der Waals surface area contributed by atoms with Gasteiger partial charge in [-0.2, -0.15) is 0 Å². The topological polar surface area (TPSA) is 51.0 Å². The maximum atomic E-state index is 13.6. The molecular weight excluding hydrogens is 355 g/mol. The van der Waals surface area contributed by atoms with Gasteiger partial charge in [0.25, 0.3) is 5.91 Å². The minimum Gasteiger partial charge on any atom is -0.313 e. The number of hydrogen-bond acceptors (Lipinski definition) is 3. The number of aryl methyl sites for hydroxylation is 4. The summed E-state index contributed by atoms with van der Waals surface area (Å²) >= 11 is 0. The smallest absolute Gasteiger partial charge is 0.260 e. The molecule has 5 nitrogen and oxygen atoms in total. The molecule has 0 saturated carbocycles. The molecule has 1 aromatic carbocycles. The van der Waals surface area contributed by atoms with Crippen molar-refractivity contribution in [3.8, 4) is 0 Å². The number of imidazole rings is 1. The average Bonchev–Trinajstić information content (AvgIpc) is 2.87. The number of halogens is 1. The van der Waals surface area contributed by atoms with Crippen LogP contribution in [-0.4, -0.2) is 27.0 Å². The van der Waals surface area contributed by atoms with E-state index in [1.54, 1.807) is 17.0 Å². The van der Waals surface area contributed by atoms with Gasteiger partial charge in [0.15, 0.2) is 5.65 Å². The molecule has 2 aliphatic heterocycles. The third kappa shape index (κ3) is 2.79. The van der Waals surface area contributed by atoms with Crippen LogP contribution < -0.4 is 4.90 Å². The molecule has 0 aliphatic carbocycles. The highest BCUT2D eigenvalue weighted by Crippen LogP contribution is 2.31. The summed E-state index contributed by atoms with van der Waals surface area (Å²) in [4.78, 5) is 24.9. The molecule has 5 rings (SSSR count). The monoisotopic (exact) mass is 378 g/mol. The van der Waals surface area contributed by atoms with E-state index in [9.17, 15) is 9.18 Å². The molecule has 0 bridgehead atoms. The summed E-state index contributed by atoms with van der Waals surface area (Å²) in [5.41, 5.74) is 4.63. The van der Waals surface area contributed by atoms with Crippen molar-refractivity contribution in [1.29, 1.82) is 0 Å². The Bertz CT molecular complexity index is 1090. The Morgan fingerprint density at radius 3 is 2.82 bits per heavy atom. The van der Waals surface area contributed by atoms with Gasteiger partial charge in [0.05, 0.1) is 5.56 Å². The van der Waals surface area contributed by atoms with E-state index < -0.39 is 0 Å². The third-order valence-corrected chi connectivity index (χ3v) is 5.83. The molecule has 4 heterocycles. The van der Waals surface area contributed by atoms with Crippen LogP contribution in [0.4, 0.5) is 10.1 Å². The van der Waals surface area contributed by atoms with E-state index in [0.717, 1.165) is 67.1 Å². The molecule has 3 aromatic rings.